The van der Waals surface area contributed by atoms with Crippen LogP contribution in [-0.4, -0.2) is 12.1 Å². The van der Waals surface area contributed by atoms with Crippen molar-refractivity contribution in [1.29, 1.82) is 0 Å². The summed E-state index contributed by atoms with van der Waals surface area (Å²) < 4.78 is 4.89. The molecule has 0 radical (unpaired) electrons. The largest absolute Gasteiger partial charge is 0.491 e. The molecule has 0 spiro atoms. The van der Waals surface area contributed by atoms with Crippen LogP contribution in [0.4, 0.5) is 0 Å². The van der Waals surface area contributed by atoms with Crippen LogP contribution in [-0.2, 0) is 0 Å². The van der Waals surface area contributed by atoms with Crippen LogP contribution in [0.1, 0.15) is 11.1 Å². The van der Waals surface area contributed by atoms with Crippen LogP contribution in [0.5, 0.6) is 5.75 Å². The zero-order valence-electron chi connectivity index (χ0n) is 9.96. The van der Waals surface area contributed by atoms with Gasteiger partial charge >= 0.3 is 0 Å². The fourth-order valence-corrected chi connectivity index (χ4v) is 1.87. The highest BCUT2D eigenvalue weighted by molar-refractivity contribution is 5.84. The van der Waals surface area contributed by atoms with Crippen molar-refractivity contribution >= 4 is 10.9 Å². The van der Waals surface area contributed by atoms with Crippen molar-refractivity contribution in [3.63, 3.8) is 0 Å². The van der Waals surface area contributed by atoms with Crippen LogP contribution in [0.3, 0.4) is 0 Å². The second-order valence-electron chi connectivity index (χ2n) is 3.98. The number of methoxy groups -OCH3 is 1. The zero-order chi connectivity index (χ0) is 12.6. The number of rotatable bonds is 1. The molecule has 1 aromatic heterocycles. The van der Waals surface area contributed by atoms with Crippen LogP contribution in [0.2, 0.25) is 0 Å². The molecular formula is C13H13NO3. The quantitative estimate of drug-likeness (QED) is 0.809. The average molecular weight is 231 g/mol. The first-order valence-electron chi connectivity index (χ1n) is 5.26. The lowest BCUT2D eigenvalue weighted by Gasteiger charge is -2.00. The summed E-state index contributed by atoms with van der Waals surface area (Å²) in [6.07, 6.45) is 0. The molecule has 0 bridgehead atoms. The Morgan fingerprint density at radius 3 is 2.41 bits per heavy atom. The van der Waals surface area contributed by atoms with Crippen LogP contribution in [0, 0.1) is 13.8 Å². The van der Waals surface area contributed by atoms with E-state index in [1.54, 1.807) is 0 Å². The van der Waals surface area contributed by atoms with Gasteiger partial charge in [-0.15, -0.1) is 0 Å². The summed E-state index contributed by atoms with van der Waals surface area (Å²) >= 11 is 0. The molecule has 2 aromatic rings. The first-order chi connectivity index (χ1) is 8.04. The van der Waals surface area contributed by atoms with E-state index in [2.05, 4.69) is 4.98 Å². The second kappa shape index (κ2) is 4.05. The van der Waals surface area contributed by atoms with Crippen molar-refractivity contribution in [3.8, 4) is 5.75 Å². The minimum absolute atomic E-state index is 0.0324. The van der Waals surface area contributed by atoms with Gasteiger partial charge in [0.2, 0.25) is 0 Å². The number of hydrogen-bond acceptors (Lipinski definition) is 3. The average Bonchev–Trinajstić information content (AvgIpc) is 2.42. The number of H-pyrrole nitrogens is 1. The molecule has 0 aliphatic carbocycles. The third kappa shape index (κ3) is 1.82. The van der Waals surface area contributed by atoms with Crippen molar-refractivity contribution in [2.75, 3.05) is 7.11 Å². The molecule has 1 aromatic carbocycles. The summed E-state index contributed by atoms with van der Waals surface area (Å²) in [6, 6.07) is 4.97. The molecule has 88 valence electrons. The van der Waals surface area contributed by atoms with Gasteiger partial charge in [-0.05, 0) is 25.0 Å². The smallest absolute Gasteiger partial charge is 0.290 e. The first kappa shape index (κ1) is 11.4. The van der Waals surface area contributed by atoms with Gasteiger partial charge < -0.3 is 9.72 Å². The Bertz CT molecular complexity index is 701. The molecule has 0 saturated heterocycles. The molecule has 4 heteroatoms. The maximum atomic E-state index is 12.0. The number of ether oxygens (including phenoxy) is 1. The normalized spacial score (nSPS) is 10.5. The number of nitrogens with one attached hydrogen (secondary N) is 1. The summed E-state index contributed by atoms with van der Waals surface area (Å²) in [7, 11) is 1.37. The molecule has 0 aliphatic heterocycles. The molecule has 1 N–H and O–H groups in total. The van der Waals surface area contributed by atoms with Gasteiger partial charge in [0.05, 0.1) is 12.6 Å². The Hall–Kier alpha value is -2.10. The van der Waals surface area contributed by atoms with Crippen LogP contribution in [0.15, 0.2) is 27.8 Å². The summed E-state index contributed by atoms with van der Waals surface area (Å²) in [6.45, 7) is 3.69. The van der Waals surface area contributed by atoms with Crippen molar-refractivity contribution < 1.29 is 4.74 Å². The van der Waals surface area contributed by atoms with E-state index < -0.39 is 5.56 Å². The molecule has 0 atom stereocenters. The Morgan fingerprint density at radius 2 is 1.76 bits per heavy atom. The van der Waals surface area contributed by atoms with Crippen LogP contribution >= 0.6 is 0 Å². The lowest BCUT2D eigenvalue weighted by atomic mass is 10.1. The van der Waals surface area contributed by atoms with Gasteiger partial charge in [0.1, 0.15) is 0 Å². The van der Waals surface area contributed by atoms with Crippen molar-refractivity contribution in [2.45, 2.75) is 13.8 Å². The molecule has 0 fully saturated rings. The summed E-state index contributed by atoms with van der Waals surface area (Å²) in [5.41, 5.74) is 1.66. The zero-order valence-corrected chi connectivity index (χ0v) is 9.96. The fraction of sp³-hybridized carbons (Fsp3) is 0.231. The van der Waals surface area contributed by atoms with Crippen molar-refractivity contribution in [3.05, 3.63) is 49.9 Å². The van der Waals surface area contributed by atoms with Gasteiger partial charge in [-0.3, -0.25) is 9.59 Å². The summed E-state index contributed by atoms with van der Waals surface area (Å²) in [5.74, 6) is 0.0324. The summed E-state index contributed by atoms with van der Waals surface area (Å²) in [4.78, 5) is 26.5. The van der Waals surface area contributed by atoms with Gasteiger partial charge in [-0.25, -0.2) is 0 Å². The number of benzene rings is 1. The standard InChI is InChI=1S/C13H13NO3/c1-7-4-5-8(2)12-11(7)9(15)6-10(17-3)13(16)14-12/h4-6H,1-3H3,(H,14,16). The highest BCUT2D eigenvalue weighted by Gasteiger charge is 2.07. The minimum atomic E-state index is -0.395. The monoisotopic (exact) mass is 231 g/mol. The Morgan fingerprint density at radius 1 is 1.12 bits per heavy atom. The Kier molecular flexibility index (Phi) is 2.71. The maximum Gasteiger partial charge on any atom is 0.290 e. The van der Waals surface area contributed by atoms with E-state index in [0.717, 1.165) is 11.1 Å². The lowest BCUT2D eigenvalue weighted by Crippen LogP contribution is -2.06. The topological polar surface area (TPSA) is 59.2 Å². The molecule has 17 heavy (non-hydrogen) atoms. The third-order valence-electron chi connectivity index (χ3n) is 2.81. The second-order valence-corrected chi connectivity index (χ2v) is 3.98. The minimum Gasteiger partial charge on any atom is -0.491 e. The SMILES string of the molecule is COc1cc(=O)c2c(C)ccc(C)c2[nH]c1=O. The molecule has 0 aliphatic rings. The number of fused-ring (bicyclic) bond motifs is 1. The molecular weight excluding hydrogens is 218 g/mol. The molecule has 2 rings (SSSR count). The predicted molar refractivity (Wildman–Crippen MR) is 66.9 cm³/mol. The summed E-state index contributed by atoms with van der Waals surface area (Å²) in [5, 5.41) is 0.533. The number of hydrogen-bond donors (Lipinski definition) is 1. The van der Waals surface area contributed by atoms with Crippen LogP contribution < -0.4 is 15.7 Å². The molecule has 1 heterocycles. The van der Waals surface area contributed by atoms with E-state index in [4.69, 9.17) is 4.74 Å². The molecule has 0 unspecified atom stereocenters. The Balaban J connectivity index is 3.14. The predicted octanol–water partition coefficient (Wildman–Crippen LogP) is 1.51. The molecule has 4 nitrogen and oxygen atoms in total. The lowest BCUT2D eigenvalue weighted by molar-refractivity contribution is 0.409. The van der Waals surface area contributed by atoms with Gasteiger partial charge in [0.15, 0.2) is 11.2 Å². The fourth-order valence-electron chi connectivity index (χ4n) is 1.87. The first-order valence-corrected chi connectivity index (χ1v) is 5.26. The number of aryl methyl sites for hydroxylation is 2. The molecule has 0 amide bonds. The van der Waals surface area contributed by atoms with Crippen LogP contribution in [0.25, 0.3) is 10.9 Å². The number of aromatic amines is 1. The highest BCUT2D eigenvalue weighted by Crippen LogP contribution is 2.15. The van der Waals surface area contributed by atoms with Crippen molar-refractivity contribution in [2.24, 2.45) is 0 Å². The Labute approximate surface area is 97.9 Å². The van der Waals surface area contributed by atoms with E-state index in [1.807, 2.05) is 26.0 Å². The van der Waals surface area contributed by atoms with E-state index in [-0.39, 0.29) is 11.2 Å². The van der Waals surface area contributed by atoms with E-state index >= 15 is 0 Å². The van der Waals surface area contributed by atoms with Crippen molar-refractivity contribution in [1.82, 2.24) is 4.98 Å². The van der Waals surface area contributed by atoms with Gasteiger partial charge in [-0.1, -0.05) is 12.1 Å². The number of aromatic nitrogens is 1. The highest BCUT2D eigenvalue weighted by atomic mass is 16.5. The van der Waals surface area contributed by atoms with E-state index in [1.165, 1.54) is 13.2 Å². The van der Waals surface area contributed by atoms with Gasteiger partial charge in [0.25, 0.3) is 5.56 Å². The van der Waals surface area contributed by atoms with E-state index in [9.17, 15) is 9.59 Å². The van der Waals surface area contributed by atoms with Gasteiger partial charge in [-0.2, -0.15) is 0 Å². The maximum absolute atomic E-state index is 12.0. The molecule has 0 saturated carbocycles. The third-order valence-corrected chi connectivity index (χ3v) is 2.81. The van der Waals surface area contributed by atoms with Gasteiger partial charge in [0, 0.05) is 11.5 Å². The van der Waals surface area contributed by atoms with E-state index in [0.29, 0.717) is 10.9 Å².